The lowest BCUT2D eigenvalue weighted by Crippen LogP contribution is -2.56. The first kappa shape index (κ1) is 10.6. The molecule has 3 heteroatoms. The molecular weight excluding hydrogens is 193 g/mol. The molecule has 0 bridgehead atoms. The lowest BCUT2D eigenvalue weighted by atomic mass is 9.56. The second-order valence-corrected chi connectivity index (χ2v) is 4.81. The normalized spacial score (nSPS) is 34.9. The van der Waals surface area contributed by atoms with Crippen molar-refractivity contribution in [2.24, 2.45) is 5.73 Å². The fraction of sp³-hybridized carbons (Fsp3) is 0.500. The van der Waals surface area contributed by atoms with Crippen LogP contribution in [-0.2, 0) is 5.41 Å². The molecule has 0 amide bonds. The Hall–Kier alpha value is -0.930. The Labute approximate surface area is 88.9 Å². The van der Waals surface area contributed by atoms with Crippen molar-refractivity contribution in [3.63, 3.8) is 0 Å². The maximum atomic E-state index is 13.6. The van der Waals surface area contributed by atoms with Gasteiger partial charge in [-0.3, -0.25) is 0 Å². The lowest BCUT2D eigenvalue weighted by molar-refractivity contribution is -0.0736. The number of hydrogen-bond donors (Lipinski definition) is 2. The van der Waals surface area contributed by atoms with Gasteiger partial charge in [0.25, 0.3) is 0 Å². The predicted octanol–water partition coefficient (Wildman–Crippen LogP) is 1.57. The minimum absolute atomic E-state index is 0.224. The van der Waals surface area contributed by atoms with E-state index in [0.717, 1.165) is 0 Å². The van der Waals surface area contributed by atoms with Crippen LogP contribution >= 0.6 is 0 Å². The first-order valence-corrected chi connectivity index (χ1v) is 5.17. The Morgan fingerprint density at radius 1 is 1.40 bits per heavy atom. The summed E-state index contributed by atoms with van der Waals surface area (Å²) in [5.41, 5.74) is 5.29. The van der Waals surface area contributed by atoms with Gasteiger partial charge < -0.3 is 10.8 Å². The quantitative estimate of drug-likeness (QED) is 0.776. The molecule has 0 saturated heterocycles. The number of aliphatic hydroxyl groups is 1. The molecule has 0 aliphatic heterocycles. The zero-order chi connectivity index (χ0) is 11.1. The highest BCUT2D eigenvalue weighted by Crippen LogP contribution is 2.49. The third-order valence-corrected chi connectivity index (χ3v) is 3.27. The summed E-state index contributed by atoms with van der Waals surface area (Å²) in [6.07, 6.45) is 1.08. The summed E-state index contributed by atoms with van der Waals surface area (Å²) in [6.45, 7) is 2.14. The van der Waals surface area contributed by atoms with Crippen LogP contribution in [0, 0.1) is 5.82 Å². The van der Waals surface area contributed by atoms with Crippen molar-refractivity contribution in [3.8, 4) is 0 Å². The third-order valence-electron chi connectivity index (χ3n) is 3.27. The van der Waals surface area contributed by atoms with Gasteiger partial charge in [0.2, 0.25) is 0 Å². The highest BCUT2D eigenvalue weighted by atomic mass is 19.1. The molecule has 0 heterocycles. The zero-order valence-corrected chi connectivity index (χ0v) is 8.83. The highest BCUT2D eigenvalue weighted by molar-refractivity contribution is 5.32. The standard InChI is InChI=1S/C12H16FNO/c1-11(15)6-12(7-11,8-14)9-4-2-3-5-10(9)13/h2-5,15H,6-8,14H2,1H3. The smallest absolute Gasteiger partial charge is 0.127 e. The summed E-state index contributed by atoms with van der Waals surface area (Å²) >= 11 is 0. The van der Waals surface area contributed by atoms with Gasteiger partial charge in [0.1, 0.15) is 5.82 Å². The van der Waals surface area contributed by atoms with E-state index in [1.807, 2.05) is 6.07 Å². The summed E-state index contributed by atoms with van der Waals surface area (Å²) < 4.78 is 13.6. The van der Waals surface area contributed by atoms with Crippen molar-refractivity contribution in [1.82, 2.24) is 0 Å². The van der Waals surface area contributed by atoms with Crippen LogP contribution < -0.4 is 5.73 Å². The van der Waals surface area contributed by atoms with Gasteiger partial charge in [-0.25, -0.2) is 4.39 Å². The Morgan fingerprint density at radius 2 is 2.00 bits per heavy atom. The van der Waals surface area contributed by atoms with Gasteiger partial charge >= 0.3 is 0 Å². The molecule has 15 heavy (non-hydrogen) atoms. The number of nitrogens with two attached hydrogens (primary N) is 1. The SMILES string of the molecule is CC1(O)CC(CN)(c2ccccc2F)C1. The molecule has 1 fully saturated rings. The second-order valence-electron chi connectivity index (χ2n) is 4.81. The molecule has 1 aromatic rings. The van der Waals surface area contributed by atoms with E-state index >= 15 is 0 Å². The van der Waals surface area contributed by atoms with Gasteiger partial charge in [0.05, 0.1) is 5.60 Å². The summed E-state index contributed by atoms with van der Waals surface area (Å²) in [7, 11) is 0. The molecule has 0 atom stereocenters. The molecule has 2 rings (SSSR count). The molecule has 2 nitrogen and oxygen atoms in total. The van der Waals surface area contributed by atoms with E-state index in [0.29, 0.717) is 24.9 Å². The number of benzene rings is 1. The van der Waals surface area contributed by atoms with Crippen LogP contribution in [0.3, 0.4) is 0 Å². The van der Waals surface area contributed by atoms with E-state index in [1.54, 1.807) is 19.1 Å². The fourth-order valence-electron chi connectivity index (χ4n) is 2.74. The van der Waals surface area contributed by atoms with E-state index < -0.39 is 5.60 Å². The first-order valence-electron chi connectivity index (χ1n) is 5.17. The molecule has 1 aromatic carbocycles. The minimum atomic E-state index is -0.693. The molecular formula is C12H16FNO. The van der Waals surface area contributed by atoms with E-state index in [4.69, 9.17) is 5.73 Å². The Balaban J connectivity index is 2.34. The lowest BCUT2D eigenvalue weighted by Gasteiger charge is -2.51. The van der Waals surface area contributed by atoms with Gasteiger partial charge in [-0.05, 0) is 31.4 Å². The number of halogens is 1. The second kappa shape index (κ2) is 3.29. The van der Waals surface area contributed by atoms with Crippen LogP contribution in [0.4, 0.5) is 4.39 Å². The van der Waals surface area contributed by atoms with Gasteiger partial charge in [-0.1, -0.05) is 18.2 Å². The molecule has 0 spiro atoms. The molecule has 82 valence electrons. The molecule has 1 aliphatic carbocycles. The minimum Gasteiger partial charge on any atom is -0.390 e. The van der Waals surface area contributed by atoms with Crippen LogP contribution in [0.15, 0.2) is 24.3 Å². The van der Waals surface area contributed by atoms with Gasteiger partial charge in [-0.2, -0.15) is 0 Å². The van der Waals surface area contributed by atoms with Crippen LogP contribution in [0.1, 0.15) is 25.3 Å². The van der Waals surface area contributed by atoms with Crippen molar-refractivity contribution in [3.05, 3.63) is 35.6 Å². The molecule has 0 aromatic heterocycles. The van der Waals surface area contributed by atoms with Crippen molar-refractivity contribution in [2.45, 2.75) is 30.8 Å². The van der Waals surface area contributed by atoms with Crippen LogP contribution in [0.5, 0.6) is 0 Å². The molecule has 1 saturated carbocycles. The molecule has 1 aliphatic rings. The van der Waals surface area contributed by atoms with E-state index in [9.17, 15) is 9.50 Å². The zero-order valence-electron chi connectivity index (χ0n) is 8.83. The summed E-state index contributed by atoms with van der Waals surface area (Å²) in [5.74, 6) is -0.224. The summed E-state index contributed by atoms with van der Waals surface area (Å²) in [6, 6.07) is 6.68. The van der Waals surface area contributed by atoms with Crippen LogP contribution in [-0.4, -0.2) is 17.3 Å². The van der Waals surface area contributed by atoms with Crippen LogP contribution in [0.25, 0.3) is 0 Å². The van der Waals surface area contributed by atoms with Crippen molar-refractivity contribution in [2.75, 3.05) is 6.54 Å². The largest absolute Gasteiger partial charge is 0.390 e. The molecule has 0 unspecified atom stereocenters. The topological polar surface area (TPSA) is 46.2 Å². The van der Waals surface area contributed by atoms with Gasteiger partial charge in [-0.15, -0.1) is 0 Å². The first-order chi connectivity index (χ1) is 6.99. The van der Waals surface area contributed by atoms with Gasteiger partial charge in [0, 0.05) is 12.0 Å². The van der Waals surface area contributed by atoms with Crippen molar-refractivity contribution < 1.29 is 9.50 Å². The average molecular weight is 209 g/mol. The van der Waals surface area contributed by atoms with E-state index in [-0.39, 0.29) is 11.2 Å². The van der Waals surface area contributed by atoms with Gasteiger partial charge in [0.15, 0.2) is 0 Å². The number of rotatable bonds is 2. The van der Waals surface area contributed by atoms with E-state index in [1.165, 1.54) is 6.07 Å². The van der Waals surface area contributed by atoms with E-state index in [2.05, 4.69) is 0 Å². The average Bonchev–Trinajstić information content (AvgIpc) is 2.14. The Morgan fingerprint density at radius 3 is 2.47 bits per heavy atom. The van der Waals surface area contributed by atoms with Crippen LogP contribution in [0.2, 0.25) is 0 Å². The maximum absolute atomic E-state index is 13.6. The third kappa shape index (κ3) is 1.66. The summed E-state index contributed by atoms with van der Waals surface area (Å²) in [5, 5.41) is 9.75. The molecule has 3 N–H and O–H groups in total. The Kier molecular flexibility index (Phi) is 2.32. The summed E-state index contributed by atoms with van der Waals surface area (Å²) in [4.78, 5) is 0. The maximum Gasteiger partial charge on any atom is 0.127 e. The fourth-order valence-corrected chi connectivity index (χ4v) is 2.74. The molecule has 0 radical (unpaired) electrons. The van der Waals surface area contributed by atoms with Crippen molar-refractivity contribution >= 4 is 0 Å². The predicted molar refractivity (Wildman–Crippen MR) is 57.0 cm³/mol. The monoisotopic (exact) mass is 209 g/mol. The Bertz CT molecular complexity index is 368. The number of hydrogen-bond acceptors (Lipinski definition) is 2. The van der Waals surface area contributed by atoms with Crippen molar-refractivity contribution in [1.29, 1.82) is 0 Å². The highest BCUT2D eigenvalue weighted by Gasteiger charge is 2.52.